The van der Waals surface area contributed by atoms with Gasteiger partial charge in [-0.05, 0) is 49.6 Å². The van der Waals surface area contributed by atoms with E-state index < -0.39 is 11.6 Å². The first-order chi connectivity index (χ1) is 11.8. The molecule has 7 heteroatoms. The molecule has 0 aromatic heterocycles. The summed E-state index contributed by atoms with van der Waals surface area (Å²) in [5.41, 5.74) is 0.164. The SMILES string of the molecule is CSc1ccc(CN(C)C(=O)CN2C(=O)N[C@](C)(C3CC3)C2=O)cc1. The van der Waals surface area contributed by atoms with Crippen LogP contribution in [0.15, 0.2) is 29.2 Å². The first-order valence-corrected chi connectivity index (χ1v) is 9.58. The zero-order chi connectivity index (χ0) is 18.2. The molecule has 25 heavy (non-hydrogen) atoms. The lowest BCUT2D eigenvalue weighted by Gasteiger charge is -2.22. The van der Waals surface area contributed by atoms with E-state index in [0.717, 1.165) is 28.2 Å². The first-order valence-electron chi connectivity index (χ1n) is 8.36. The van der Waals surface area contributed by atoms with Crippen molar-refractivity contribution in [1.29, 1.82) is 0 Å². The number of benzene rings is 1. The molecule has 0 radical (unpaired) electrons. The number of thioether (sulfide) groups is 1. The molecule has 134 valence electrons. The summed E-state index contributed by atoms with van der Waals surface area (Å²) < 4.78 is 0. The smallest absolute Gasteiger partial charge is 0.325 e. The van der Waals surface area contributed by atoms with Gasteiger partial charge in [0.05, 0.1) is 0 Å². The molecule has 1 aliphatic carbocycles. The zero-order valence-electron chi connectivity index (χ0n) is 14.7. The van der Waals surface area contributed by atoms with E-state index in [4.69, 9.17) is 0 Å². The van der Waals surface area contributed by atoms with E-state index in [9.17, 15) is 14.4 Å². The number of imide groups is 1. The van der Waals surface area contributed by atoms with E-state index in [1.54, 1.807) is 30.6 Å². The van der Waals surface area contributed by atoms with Gasteiger partial charge in [-0.1, -0.05) is 12.1 Å². The third-order valence-electron chi connectivity index (χ3n) is 4.99. The molecule has 6 nitrogen and oxygen atoms in total. The normalized spacial score (nSPS) is 22.9. The Hall–Kier alpha value is -2.02. The maximum absolute atomic E-state index is 12.6. The van der Waals surface area contributed by atoms with Crippen LogP contribution in [0.5, 0.6) is 0 Å². The predicted molar refractivity (Wildman–Crippen MR) is 96.1 cm³/mol. The summed E-state index contributed by atoms with van der Waals surface area (Å²) in [5.74, 6) is -0.347. The van der Waals surface area contributed by atoms with Crippen LogP contribution in [-0.4, -0.2) is 53.0 Å². The van der Waals surface area contributed by atoms with Crippen LogP contribution in [0.25, 0.3) is 0 Å². The molecule has 0 unspecified atom stereocenters. The van der Waals surface area contributed by atoms with Crippen LogP contribution in [0.2, 0.25) is 0 Å². The Kier molecular flexibility index (Phi) is 4.77. The molecule has 1 heterocycles. The fourth-order valence-corrected chi connectivity index (χ4v) is 3.55. The molecule has 3 rings (SSSR count). The number of urea groups is 1. The second-order valence-corrected chi connectivity index (χ2v) is 7.78. The van der Waals surface area contributed by atoms with Crippen LogP contribution in [-0.2, 0) is 16.1 Å². The van der Waals surface area contributed by atoms with Crippen molar-refractivity contribution in [3.05, 3.63) is 29.8 Å². The third-order valence-corrected chi connectivity index (χ3v) is 5.74. The van der Waals surface area contributed by atoms with Crippen LogP contribution in [0.4, 0.5) is 4.79 Å². The molecular weight excluding hydrogens is 338 g/mol. The number of carbonyl (C=O) groups is 3. The van der Waals surface area contributed by atoms with Gasteiger partial charge in [0.25, 0.3) is 5.91 Å². The number of likely N-dealkylation sites (N-methyl/N-ethyl adjacent to an activating group) is 1. The van der Waals surface area contributed by atoms with Gasteiger partial charge in [-0.3, -0.25) is 14.5 Å². The number of nitrogens with zero attached hydrogens (tertiary/aromatic N) is 2. The van der Waals surface area contributed by atoms with Crippen LogP contribution < -0.4 is 5.32 Å². The summed E-state index contributed by atoms with van der Waals surface area (Å²) in [5, 5.41) is 2.76. The van der Waals surface area contributed by atoms with Gasteiger partial charge in [-0.15, -0.1) is 11.8 Å². The monoisotopic (exact) mass is 361 g/mol. The maximum Gasteiger partial charge on any atom is 0.325 e. The maximum atomic E-state index is 12.6. The average molecular weight is 361 g/mol. The van der Waals surface area contributed by atoms with Gasteiger partial charge in [-0.2, -0.15) is 0 Å². The van der Waals surface area contributed by atoms with Gasteiger partial charge in [0, 0.05) is 18.5 Å². The fraction of sp³-hybridized carbons (Fsp3) is 0.500. The van der Waals surface area contributed by atoms with Crippen LogP contribution >= 0.6 is 11.8 Å². The third kappa shape index (κ3) is 3.51. The molecule has 1 aliphatic heterocycles. The van der Waals surface area contributed by atoms with Crippen LogP contribution in [0.1, 0.15) is 25.3 Å². The van der Waals surface area contributed by atoms with Gasteiger partial charge >= 0.3 is 6.03 Å². The lowest BCUT2D eigenvalue weighted by atomic mass is 9.96. The van der Waals surface area contributed by atoms with Gasteiger partial charge in [0.1, 0.15) is 12.1 Å². The van der Waals surface area contributed by atoms with E-state index in [2.05, 4.69) is 5.32 Å². The molecule has 1 aromatic rings. The summed E-state index contributed by atoms with van der Waals surface area (Å²) in [6, 6.07) is 7.51. The van der Waals surface area contributed by atoms with Gasteiger partial charge < -0.3 is 10.2 Å². The average Bonchev–Trinajstić information content (AvgIpc) is 3.41. The minimum absolute atomic E-state index is 0.191. The van der Waals surface area contributed by atoms with Gasteiger partial charge in [0.15, 0.2) is 0 Å². The Labute approximate surface area is 151 Å². The van der Waals surface area contributed by atoms with E-state index in [1.165, 1.54) is 0 Å². The standard InChI is InChI=1S/C18H23N3O3S/c1-18(13-6-7-13)16(23)21(17(24)19-18)11-15(22)20(2)10-12-4-8-14(25-3)9-5-12/h4-5,8-9,13H,6-7,10-11H2,1-3H3,(H,19,24)/t18-/m1/s1. The number of rotatable bonds is 6. The van der Waals surface area contributed by atoms with Gasteiger partial charge in [0.2, 0.25) is 5.91 Å². The molecule has 2 fully saturated rings. The first kappa shape index (κ1) is 17.8. The van der Waals surface area contributed by atoms with Crippen molar-refractivity contribution >= 4 is 29.6 Å². The number of amides is 4. The molecule has 1 aromatic carbocycles. The highest BCUT2D eigenvalue weighted by atomic mass is 32.2. The Bertz CT molecular complexity index is 702. The minimum Gasteiger partial charge on any atom is -0.340 e. The predicted octanol–water partition coefficient (Wildman–Crippen LogP) is 2.09. The highest BCUT2D eigenvalue weighted by molar-refractivity contribution is 7.98. The van der Waals surface area contributed by atoms with Gasteiger partial charge in [-0.25, -0.2) is 4.79 Å². The molecular formula is C18H23N3O3S. The summed E-state index contributed by atoms with van der Waals surface area (Å²) >= 11 is 1.66. The highest BCUT2D eigenvalue weighted by Gasteiger charge is 2.56. The fourth-order valence-electron chi connectivity index (χ4n) is 3.15. The number of hydrogen-bond donors (Lipinski definition) is 1. The number of nitrogens with one attached hydrogen (secondary N) is 1. The summed E-state index contributed by atoms with van der Waals surface area (Å²) in [6.45, 7) is 1.98. The molecule has 2 aliphatic rings. The second kappa shape index (κ2) is 6.71. The zero-order valence-corrected chi connectivity index (χ0v) is 15.6. The van der Waals surface area contributed by atoms with Crippen molar-refractivity contribution in [3.8, 4) is 0 Å². The second-order valence-electron chi connectivity index (χ2n) is 6.90. The lowest BCUT2D eigenvalue weighted by molar-refractivity contribution is -0.138. The molecule has 4 amide bonds. The molecule has 1 saturated heterocycles. The topological polar surface area (TPSA) is 69.7 Å². The number of carbonyl (C=O) groups excluding carboxylic acids is 3. The van der Waals surface area contributed by atoms with E-state index in [1.807, 2.05) is 30.5 Å². The van der Waals surface area contributed by atoms with Crippen molar-refractivity contribution in [2.24, 2.45) is 5.92 Å². The summed E-state index contributed by atoms with van der Waals surface area (Å²) in [7, 11) is 1.68. The van der Waals surface area contributed by atoms with Crippen molar-refractivity contribution in [2.75, 3.05) is 19.8 Å². The van der Waals surface area contributed by atoms with Crippen molar-refractivity contribution in [2.45, 2.75) is 36.7 Å². The Morgan fingerprint density at radius 1 is 1.32 bits per heavy atom. The van der Waals surface area contributed by atoms with Crippen LogP contribution in [0, 0.1) is 5.92 Å². The quantitative estimate of drug-likeness (QED) is 0.622. The largest absolute Gasteiger partial charge is 0.340 e. The van der Waals surface area contributed by atoms with E-state index in [-0.39, 0.29) is 24.3 Å². The highest BCUT2D eigenvalue weighted by Crippen LogP contribution is 2.42. The number of hydrogen-bond acceptors (Lipinski definition) is 4. The molecule has 1 saturated carbocycles. The Balaban J connectivity index is 1.61. The Morgan fingerprint density at radius 2 is 1.96 bits per heavy atom. The van der Waals surface area contributed by atoms with Crippen molar-refractivity contribution < 1.29 is 14.4 Å². The molecule has 1 N–H and O–H groups in total. The van der Waals surface area contributed by atoms with E-state index >= 15 is 0 Å². The van der Waals surface area contributed by atoms with Crippen molar-refractivity contribution in [3.63, 3.8) is 0 Å². The molecule has 0 bridgehead atoms. The van der Waals surface area contributed by atoms with E-state index in [0.29, 0.717) is 6.54 Å². The minimum atomic E-state index is -0.844. The summed E-state index contributed by atoms with van der Waals surface area (Å²) in [6.07, 6.45) is 3.89. The molecule has 1 atom stereocenters. The lowest BCUT2D eigenvalue weighted by Crippen LogP contribution is -2.47. The Morgan fingerprint density at radius 3 is 2.52 bits per heavy atom. The summed E-state index contributed by atoms with van der Waals surface area (Å²) in [4.78, 5) is 40.9. The molecule has 0 spiro atoms. The van der Waals surface area contributed by atoms with Crippen LogP contribution in [0.3, 0.4) is 0 Å². The van der Waals surface area contributed by atoms with Crippen molar-refractivity contribution in [1.82, 2.24) is 15.1 Å².